The van der Waals surface area contributed by atoms with Gasteiger partial charge in [0.15, 0.2) is 11.4 Å². The Kier molecular flexibility index (Phi) is 8.77. The summed E-state index contributed by atoms with van der Waals surface area (Å²) in [6.07, 6.45) is 1.01. The van der Waals surface area contributed by atoms with Crippen molar-refractivity contribution in [2.24, 2.45) is 5.92 Å². The van der Waals surface area contributed by atoms with Crippen LogP contribution in [-0.4, -0.2) is 71.6 Å². The summed E-state index contributed by atoms with van der Waals surface area (Å²) in [7, 11) is 1.66. The number of anilines is 2. The van der Waals surface area contributed by atoms with Crippen LogP contribution in [0, 0.1) is 19.8 Å². The van der Waals surface area contributed by atoms with Crippen LogP contribution in [0.15, 0.2) is 22.6 Å². The lowest BCUT2D eigenvalue weighted by atomic mass is 10.1. The predicted octanol–water partition coefficient (Wildman–Crippen LogP) is 4.26. The summed E-state index contributed by atoms with van der Waals surface area (Å²) in [5.41, 5.74) is 3.23. The zero-order chi connectivity index (χ0) is 27.4. The highest BCUT2D eigenvalue weighted by Gasteiger charge is 2.38. The van der Waals surface area contributed by atoms with Gasteiger partial charge in [0.25, 0.3) is 0 Å². The van der Waals surface area contributed by atoms with Gasteiger partial charge in [-0.25, -0.2) is 9.97 Å². The smallest absolute Gasteiger partial charge is 0.214 e. The van der Waals surface area contributed by atoms with Crippen LogP contribution in [-0.2, 0) is 9.47 Å². The Balaban J connectivity index is 1.76. The van der Waals surface area contributed by atoms with Gasteiger partial charge in [-0.05, 0) is 71.1 Å². The molecule has 0 radical (unpaired) electrons. The molecule has 4 rings (SSSR count). The van der Waals surface area contributed by atoms with Crippen molar-refractivity contribution >= 4 is 22.6 Å². The molecule has 10 heteroatoms. The maximum absolute atomic E-state index is 10.3. The maximum atomic E-state index is 10.3. The van der Waals surface area contributed by atoms with Crippen molar-refractivity contribution in [2.45, 2.75) is 65.4 Å². The molecule has 0 bridgehead atoms. The molecule has 0 aliphatic heterocycles. The van der Waals surface area contributed by atoms with Crippen LogP contribution in [0.1, 0.15) is 44.9 Å². The molecule has 4 N–H and O–H groups in total. The van der Waals surface area contributed by atoms with Crippen LogP contribution in [0.2, 0.25) is 0 Å². The van der Waals surface area contributed by atoms with Crippen molar-refractivity contribution in [2.75, 3.05) is 44.1 Å². The lowest BCUT2D eigenvalue weighted by Gasteiger charge is -2.29. The van der Waals surface area contributed by atoms with Gasteiger partial charge in [0, 0.05) is 31.7 Å². The van der Waals surface area contributed by atoms with Crippen LogP contribution in [0.3, 0.4) is 0 Å². The molecule has 208 valence electrons. The Morgan fingerprint density at radius 3 is 2.63 bits per heavy atom. The minimum absolute atomic E-state index is 0.0554. The third-order valence-corrected chi connectivity index (χ3v) is 6.64. The van der Waals surface area contributed by atoms with E-state index in [-0.39, 0.29) is 24.7 Å². The van der Waals surface area contributed by atoms with Crippen molar-refractivity contribution in [1.29, 1.82) is 0 Å². The first-order chi connectivity index (χ1) is 18.1. The predicted molar refractivity (Wildman–Crippen MR) is 147 cm³/mol. The molecule has 3 heterocycles. The Morgan fingerprint density at radius 1 is 1.16 bits per heavy atom. The first kappa shape index (κ1) is 28.1. The van der Waals surface area contributed by atoms with Gasteiger partial charge in [-0.1, -0.05) is 0 Å². The van der Waals surface area contributed by atoms with Gasteiger partial charge in [-0.3, -0.25) is 0 Å². The topological polar surface area (TPSA) is 131 Å². The summed E-state index contributed by atoms with van der Waals surface area (Å²) in [5, 5.41) is 28.0. The first-order valence-corrected chi connectivity index (χ1v) is 13.2. The normalized spacial score (nSPS) is 19.7. The molecule has 0 saturated heterocycles. The second-order valence-electron chi connectivity index (χ2n) is 10.3. The second-order valence-corrected chi connectivity index (χ2v) is 10.3. The van der Waals surface area contributed by atoms with Crippen LogP contribution in [0.4, 0.5) is 11.6 Å². The first-order valence-electron chi connectivity index (χ1n) is 13.2. The standard InChI is InChI=1S/C28H40N4O6/c1-7-36-24-14-19-13-22(37-26(19)17(3)30-24)25-16(2)10-23(29-8-9-35-6)32-27(25)31-20-11-18(15-33)12-21(20)38-28(4,5)34/h10,13-14,18,20-21,33-34H,7-9,11-12,15H2,1-6H3,(H2,29,31,32)/t18?,20-,21+/m0/s1. The number of aromatic nitrogens is 2. The van der Waals surface area contributed by atoms with Gasteiger partial charge in [0.2, 0.25) is 5.88 Å². The van der Waals surface area contributed by atoms with E-state index in [2.05, 4.69) is 15.6 Å². The van der Waals surface area contributed by atoms with E-state index >= 15 is 0 Å². The molecule has 3 aromatic heterocycles. The molecule has 1 aliphatic carbocycles. The molecule has 0 spiro atoms. The molecule has 38 heavy (non-hydrogen) atoms. The number of nitrogens with one attached hydrogen (secondary N) is 2. The van der Waals surface area contributed by atoms with Gasteiger partial charge in [0.05, 0.1) is 36.6 Å². The number of pyridine rings is 2. The minimum atomic E-state index is -1.30. The van der Waals surface area contributed by atoms with E-state index in [1.54, 1.807) is 21.0 Å². The third-order valence-electron chi connectivity index (χ3n) is 6.64. The lowest BCUT2D eigenvalue weighted by Crippen LogP contribution is -2.38. The van der Waals surface area contributed by atoms with E-state index in [0.717, 1.165) is 22.2 Å². The van der Waals surface area contributed by atoms with Gasteiger partial charge < -0.3 is 39.5 Å². The molecule has 0 amide bonds. The number of aliphatic hydroxyl groups excluding tert-OH is 1. The van der Waals surface area contributed by atoms with Crippen molar-refractivity contribution in [3.8, 4) is 17.2 Å². The summed E-state index contributed by atoms with van der Waals surface area (Å²) < 4.78 is 23.1. The molecule has 1 unspecified atom stereocenters. The fourth-order valence-corrected chi connectivity index (χ4v) is 5.06. The molecule has 1 saturated carbocycles. The number of furan rings is 1. The van der Waals surface area contributed by atoms with E-state index in [1.165, 1.54) is 0 Å². The molecule has 1 fully saturated rings. The summed E-state index contributed by atoms with van der Waals surface area (Å²) in [4.78, 5) is 9.42. The fourth-order valence-electron chi connectivity index (χ4n) is 5.06. The number of aryl methyl sites for hydroxylation is 2. The minimum Gasteiger partial charge on any atom is -0.478 e. The van der Waals surface area contributed by atoms with E-state index in [9.17, 15) is 10.2 Å². The average Bonchev–Trinajstić information content (AvgIpc) is 3.42. The number of hydrogen-bond acceptors (Lipinski definition) is 10. The summed E-state index contributed by atoms with van der Waals surface area (Å²) in [5.74, 6) is 1.31. The van der Waals surface area contributed by atoms with Crippen LogP contribution in [0.5, 0.6) is 5.88 Å². The number of rotatable bonds is 12. The second kappa shape index (κ2) is 11.9. The van der Waals surface area contributed by atoms with Crippen LogP contribution in [0.25, 0.3) is 22.3 Å². The number of nitrogens with zero attached hydrogens (tertiary/aromatic N) is 2. The highest BCUT2D eigenvalue weighted by molar-refractivity contribution is 5.88. The van der Waals surface area contributed by atoms with E-state index < -0.39 is 5.79 Å². The van der Waals surface area contributed by atoms with Gasteiger partial charge in [-0.15, -0.1) is 0 Å². The lowest BCUT2D eigenvalue weighted by molar-refractivity contribution is -0.205. The Hall–Kier alpha value is -2.92. The zero-order valence-electron chi connectivity index (χ0n) is 23.1. The molecule has 1 aliphatic rings. The highest BCUT2D eigenvalue weighted by Crippen LogP contribution is 2.39. The van der Waals surface area contributed by atoms with Crippen molar-refractivity contribution < 1.29 is 28.8 Å². The van der Waals surface area contributed by atoms with E-state index in [1.807, 2.05) is 39.0 Å². The maximum Gasteiger partial charge on any atom is 0.214 e. The Bertz CT molecular complexity index is 1240. The Labute approximate surface area is 223 Å². The van der Waals surface area contributed by atoms with E-state index in [4.69, 9.17) is 23.6 Å². The van der Waals surface area contributed by atoms with Crippen molar-refractivity contribution in [3.05, 3.63) is 29.5 Å². The van der Waals surface area contributed by atoms with Crippen molar-refractivity contribution in [3.63, 3.8) is 0 Å². The number of ether oxygens (including phenoxy) is 3. The zero-order valence-corrected chi connectivity index (χ0v) is 23.1. The monoisotopic (exact) mass is 528 g/mol. The molecule has 0 aromatic carbocycles. The molecule has 10 nitrogen and oxygen atoms in total. The SMILES string of the molecule is CCOc1cc2cc(-c3c(C)cc(NCCOC)nc3N[C@H]3CC(CO)C[C@H]3OC(C)(C)O)oc2c(C)n1. The van der Waals surface area contributed by atoms with Gasteiger partial charge >= 0.3 is 0 Å². The quantitative estimate of drug-likeness (QED) is 0.200. The Morgan fingerprint density at radius 2 is 1.95 bits per heavy atom. The number of fused-ring (bicyclic) bond motifs is 1. The third kappa shape index (κ3) is 6.55. The number of aliphatic hydroxyl groups is 2. The van der Waals surface area contributed by atoms with Crippen LogP contribution < -0.4 is 15.4 Å². The highest BCUT2D eigenvalue weighted by atomic mass is 16.6. The van der Waals surface area contributed by atoms with Gasteiger partial charge in [0.1, 0.15) is 17.4 Å². The van der Waals surface area contributed by atoms with Gasteiger partial charge in [-0.2, -0.15) is 0 Å². The summed E-state index contributed by atoms with van der Waals surface area (Å²) in [6.45, 7) is 10.8. The number of hydrogen-bond donors (Lipinski definition) is 4. The molecule has 3 aromatic rings. The summed E-state index contributed by atoms with van der Waals surface area (Å²) >= 11 is 0. The summed E-state index contributed by atoms with van der Waals surface area (Å²) in [6, 6.07) is 5.67. The largest absolute Gasteiger partial charge is 0.478 e. The molecular formula is C28H40N4O6. The van der Waals surface area contributed by atoms with Crippen molar-refractivity contribution in [1.82, 2.24) is 9.97 Å². The van der Waals surface area contributed by atoms with E-state index in [0.29, 0.717) is 61.5 Å². The number of methoxy groups -OCH3 is 1. The molecular weight excluding hydrogens is 488 g/mol. The average molecular weight is 529 g/mol. The molecule has 3 atom stereocenters. The fraction of sp³-hybridized carbons (Fsp3) is 0.571. The van der Waals surface area contributed by atoms with Crippen LogP contribution >= 0.6 is 0 Å².